The van der Waals surface area contributed by atoms with Gasteiger partial charge in [0, 0.05) is 33.8 Å². The number of ether oxygens (including phenoxy) is 1. The van der Waals surface area contributed by atoms with Gasteiger partial charge in [-0.3, -0.25) is 9.98 Å². The van der Waals surface area contributed by atoms with Gasteiger partial charge in [-0.25, -0.2) is 0 Å². The Morgan fingerprint density at radius 2 is 1.61 bits per heavy atom. The molecule has 0 spiro atoms. The molecule has 0 amide bonds. The van der Waals surface area contributed by atoms with E-state index in [1.807, 2.05) is 0 Å². The molecular weight excluding hydrogens is 476 g/mol. The highest BCUT2D eigenvalue weighted by atomic mass is 35.5. The highest BCUT2D eigenvalue weighted by molar-refractivity contribution is 6.39. The van der Waals surface area contributed by atoms with Gasteiger partial charge in [-0.15, -0.1) is 13.2 Å². The standard InChI is InChI=1S/C23H13Cl2F3N4O/c1-13-16(11-29)21(22-18(24)3-2-4-19(22)25)17(12-30)20(32-13)9-10-31-14-5-7-15(8-6-14)33-23(26,27)28/h2-8,10H,9H2,1H3. The van der Waals surface area contributed by atoms with E-state index in [1.165, 1.54) is 18.3 Å². The predicted octanol–water partition coefficient (Wildman–Crippen LogP) is 6.95. The average Bonchev–Trinajstić information content (AvgIpc) is 2.74. The molecule has 0 saturated heterocycles. The Hall–Kier alpha value is -3.59. The Balaban J connectivity index is 1.97. The minimum atomic E-state index is -4.78. The van der Waals surface area contributed by atoms with Crippen LogP contribution in [0.2, 0.25) is 10.0 Å². The summed E-state index contributed by atoms with van der Waals surface area (Å²) in [5, 5.41) is 20.1. The van der Waals surface area contributed by atoms with Crippen LogP contribution >= 0.6 is 23.2 Å². The van der Waals surface area contributed by atoms with Crippen LogP contribution in [0.1, 0.15) is 22.5 Å². The van der Waals surface area contributed by atoms with Gasteiger partial charge in [0.25, 0.3) is 0 Å². The SMILES string of the molecule is Cc1nc(CC=Nc2ccc(OC(F)(F)F)cc2)c(C#N)c(-c2c(Cl)cccc2Cl)c1C#N. The van der Waals surface area contributed by atoms with Crippen molar-refractivity contribution in [1.29, 1.82) is 10.5 Å². The van der Waals surface area contributed by atoms with Crippen molar-refractivity contribution in [1.82, 2.24) is 4.98 Å². The molecule has 0 N–H and O–H groups in total. The first kappa shape index (κ1) is 24.1. The molecule has 0 aliphatic heterocycles. The highest BCUT2D eigenvalue weighted by Crippen LogP contribution is 2.39. The molecule has 0 radical (unpaired) electrons. The first-order valence-electron chi connectivity index (χ1n) is 9.31. The summed E-state index contributed by atoms with van der Waals surface area (Å²) in [6.45, 7) is 1.63. The van der Waals surface area contributed by atoms with Crippen molar-refractivity contribution >= 4 is 35.1 Å². The maximum Gasteiger partial charge on any atom is 0.573 e. The zero-order valence-electron chi connectivity index (χ0n) is 16.9. The summed E-state index contributed by atoms with van der Waals surface area (Å²) >= 11 is 12.7. The summed E-state index contributed by atoms with van der Waals surface area (Å²) in [6, 6.07) is 14.0. The molecule has 1 aromatic heterocycles. The van der Waals surface area contributed by atoms with Gasteiger partial charge in [0.05, 0.1) is 28.2 Å². The summed E-state index contributed by atoms with van der Waals surface area (Å²) in [4.78, 5) is 8.57. The quantitative estimate of drug-likeness (QED) is 0.363. The molecule has 166 valence electrons. The summed E-state index contributed by atoms with van der Waals surface area (Å²) in [5.41, 5.74) is 2.08. The van der Waals surface area contributed by atoms with Crippen LogP contribution in [0.25, 0.3) is 11.1 Å². The maximum atomic E-state index is 12.3. The summed E-state index contributed by atoms with van der Waals surface area (Å²) in [6.07, 6.45) is -3.20. The minimum absolute atomic E-state index is 0.116. The molecule has 0 fully saturated rings. The van der Waals surface area contributed by atoms with Gasteiger partial charge in [0.1, 0.15) is 17.9 Å². The number of halogens is 5. The molecule has 5 nitrogen and oxygen atoms in total. The third-order valence-electron chi connectivity index (χ3n) is 4.48. The molecule has 3 aromatic rings. The number of benzene rings is 2. The van der Waals surface area contributed by atoms with Crippen LogP contribution in [-0.4, -0.2) is 17.6 Å². The van der Waals surface area contributed by atoms with Crippen LogP contribution in [-0.2, 0) is 6.42 Å². The van der Waals surface area contributed by atoms with Crippen molar-refractivity contribution in [3.8, 4) is 29.0 Å². The second-order valence-corrected chi connectivity index (χ2v) is 7.46. The molecule has 1 heterocycles. The smallest absolute Gasteiger partial charge is 0.406 e. The molecule has 0 saturated carbocycles. The van der Waals surface area contributed by atoms with Gasteiger partial charge in [-0.2, -0.15) is 10.5 Å². The third-order valence-corrected chi connectivity index (χ3v) is 5.11. The van der Waals surface area contributed by atoms with E-state index >= 15 is 0 Å². The minimum Gasteiger partial charge on any atom is -0.406 e. The first-order chi connectivity index (χ1) is 15.6. The van der Waals surface area contributed by atoms with E-state index in [2.05, 4.69) is 26.9 Å². The molecule has 0 unspecified atom stereocenters. The van der Waals surface area contributed by atoms with Crippen LogP contribution < -0.4 is 4.74 Å². The van der Waals surface area contributed by atoms with E-state index in [0.717, 1.165) is 12.1 Å². The zero-order valence-corrected chi connectivity index (χ0v) is 18.4. The van der Waals surface area contributed by atoms with Crippen molar-refractivity contribution in [2.24, 2.45) is 4.99 Å². The number of aliphatic imine (C=N–C) groups is 1. The monoisotopic (exact) mass is 488 g/mol. The molecule has 2 aromatic carbocycles. The van der Waals surface area contributed by atoms with Gasteiger partial charge in [0.2, 0.25) is 0 Å². The summed E-state index contributed by atoms with van der Waals surface area (Å²) in [5.74, 6) is -0.362. The number of hydrogen-bond donors (Lipinski definition) is 0. The number of hydrogen-bond acceptors (Lipinski definition) is 5. The van der Waals surface area contributed by atoms with Crippen molar-refractivity contribution in [2.75, 3.05) is 0 Å². The Bertz CT molecular complexity index is 1290. The second-order valence-electron chi connectivity index (χ2n) is 6.65. The first-order valence-corrected chi connectivity index (χ1v) is 10.1. The van der Waals surface area contributed by atoms with Crippen molar-refractivity contribution in [3.63, 3.8) is 0 Å². The number of nitriles is 2. The lowest BCUT2D eigenvalue weighted by Gasteiger charge is -2.15. The molecule has 33 heavy (non-hydrogen) atoms. The molecule has 3 rings (SSSR count). The Morgan fingerprint density at radius 1 is 1.00 bits per heavy atom. The number of nitrogens with zero attached hydrogens (tertiary/aromatic N) is 4. The van der Waals surface area contributed by atoms with Crippen LogP contribution in [0.4, 0.5) is 18.9 Å². The molecule has 0 aliphatic rings. The van der Waals surface area contributed by atoms with Gasteiger partial charge in [0.15, 0.2) is 0 Å². The van der Waals surface area contributed by atoms with Gasteiger partial charge in [-0.05, 0) is 43.3 Å². The van der Waals surface area contributed by atoms with Crippen LogP contribution in [0, 0.1) is 29.6 Å². The van der Waals surface area contributed by atoms with E-state index in [-0.39, 0.29) is 33.3 Å². The van der Waals surface area contributed by atoms with E-state index < -0.39 is 6.36 Å². The van der Waals surface area contributed by atoms with Crippen molar-refractivity contribution < 1.29 is 17.9 Å². The van der Waals surface area contributed by atoms with E-state index in [4.69, 9.17) is 23.2 Å². The average molecular weight is 489 g/mol. The fraction of sp³-hybridized carbons (Fsp3) is 0.130. The predicted molar refractivity (Wildman–Crippen MR) is 119 cm³/mol. The van der Waals surface area contributed by atoms with Crippen molar-refractivity contribution in [3.05, 3.63) is 75.0 Å². The third kappa shape index (κ3) is 5.61. The lowest BCUT2D eigenvalue weighted by molar-refractivity contribution is -0.274. The fourth-order valence-corrected chi connectivity index (χ4v) is 3.71. The summed E-state index contributed by atoms with van der Waals surface area (Å²) in [7, 11) is 0. The molecule has 0 aliphatic carbocycles. The Morgan fingerprint density at radius 3 is 2.15 bits per heavy atom. The number of alkyl halides is 3. The molecule has 0 atom stereocenters. The Kier molecular flexibility index (Phi) is 7.23. The molecular formula is C23H13Cl2F3N4O. The lowest BCUT2D eigenvalue weighted by Crippen LogP contribution is -2.16. The zero-order chi connectivity index (χ0) is 24.2. The van der Waals surface area contributed by atoms with E-state index in [0.29, 0.717) is 28.2 Å². The van der Waals surface area contributed by atoms with Crippen LogP contribution in [0.3, 0.4) is 0 Å². The van der Waals surface area contributed by atoms with Crippen molar-refractivity contribution in [2.45, 2.75) is 19.7 Å². The van der Waals surface area contributed by atoms with E-state index in [9.17, 15) is 23.7 Å². The van der Waals surface area contributed by atoms with Crippen LogP contribution in [0.5, 0.6) is 5.75 Å². The summed E-state index contributed by atoms with van der Waals surface area (Å²) < 4.78 is 40.6. The van der Waals surface area contributed by atoms with Gasteiger partial charge >= 0.3 is 6.36 Å². The number of rotatable bonds is 5. The highest BCUT2D eigenvalue weighted by Gasteiger charge is 2.31. The normalized spacial score (nSPS) is 11.3. The maximum absolute atomic E-state index is 12.3. The number of aryl methyl sites for hydroxylation is 1. The van der Waals surface area contributed by atoms with Crippen LogP contribution in [0.15, 0.2) is 47.5 Å². The lowest BCUT2D eigenvalue weighted by atomic mass is 9.92. The Labute approximate surface area is 197 Å². The van der Waals surface area contributed by atoms with Gasteiger partial charge in [-0.1, -0.05) is 29.3 Å². The topological polar surface area (TPSA) is 82.1 Å². The molecule has 10 heteroatoms. The second kappa shape index (κ2) is 9.91. The number of aromatic nitrogens is 1. The molecule has 0 bridgehead atoms. The van der Waals surface area contributed by atoms with Gasteiger partial charge < -0.3 is 4.74 Å². The van der Waals surface area contributed by atoms with E-state index in [1.54, 1.807) is 25.1 Å². The fourth-order valence-electron chi connectivity index (χ4n) is 3.13. The number of pyridine rings is 1. The largest absolute Gasteiger partial charge is 0.573 e.